The number of benzene rings is 2. The normalized spacial score (nSPS) is 20.4. The number of halogens is 2. The second-order valence-electron chi connectivity index (χ2n) is 5.11. The Morgan fingerprint density at radius 3 is 2.78 bits per heavy atom. The summed E-state index contributed by atoms with van der Waals surface area (Å²) < 4.78 is 19.6. The summed E-state index contributed by atoms with van der Waals surface area (Å²) in [5, 5.41) is 13.8. The molecule has 6 heteroatoms. The number of nitrogens with zero attached hydrogens (tertiary/aromatic N) is 1. The molecule has 4 nitrogen and oxygen atoms in total. The van der Waals surface area contributed by atoms with Crippen molar-refractivity contribution in [2.45, 2.75) is 19.2 Å². The van der Waals surface area contributed by atoms with Gasteiger partial charge in [0.1, 0.15) is 5.82 Å². The van der Waals surface area contributed by atoms with Gasteiger partial charge in [0.15, 0.2) is 6.23 Å². The molecule has 3 rings (SSSR count). The van der Waals surface area contributed by atoms with Gasteiger partial charge in [-0.2, -0.15) is 0 Å². The zero-order valence-corrected chi connectivity index (χ0v) is 13.2. The smallest absolute Gasteiger partial charge is 0.234 e. The van der Waals surface area contributed by atoms with Gasteiger partial charge < -0.3 is 9.84 Å². The largest absolute Gasteiger partial charge is 0.478 e. The van der Waals surface area contributed by atoms with Crippen molar-refractivity contribution in [3.63, 3.8) is 0 Å². The van der Waals surface area contributed by atoms with Gasteiger partial charge in [-0.15, -0.1) is 0 Å². The fourth-order valence-corrected chi connectivity index (χ4v) is 2.76. The summed E-state index contributed by atoms with van der Waals surface area (Å²) >= 11 is 6.09. The predicted octanol–water partition coefficient (Wildman–Crippen LogP) is 3.56. The van der Waals surface area contributed by atoms with Crippen molar-refractivity contribution in [2.75, 3.05) is 6.61 Å². The van der Waals surface area contributed by atoms with E-state index in [4.69, 9.17) is 16.3 Å². The first kappa shape index (κ1) is 15.9. The van der Waals surface area contributed by atoms with Crippen LogP contribution in [0.2, 0.25) is 5.02 Å². The fraction of sp³-hybridized carbons (Fsp3) is 0.235. The molecule has 1 heterocycles. The quantitative estimate of drug-likeness (QED) is 0.883. The van der Waals surface area contributed by atoms with Gasteiger partial charge in [0.05, 0.1) is 18.3 Å². The molecule has 0 fully saturated rings. The molecule has 1 aliphatic rings. The van der Waals surface area contributed by atoms with E-state index in [0.717, 1.165) is 0 Å². The molecule has 2 unspecified atom stereocenters. The van der Waals surface area contributed by atoms with E-state index in [-0.39, 0.29) is 11.7 Å². The van der Waals surface area contributed by atoms with E-state index in [2.05, 4.69) is 10.3 Å². The van der Waals surface area contributed by atoms with E-state index >= 15 is 0 Å². The maximum Gasteiger partial charge on any atom is 0.234 e. The van der Waals surface area contributed by atoms with Crippen molar-refractivity contribution in [3.05, 3.63) is 64.4 Å². The molecule has 0 radical (unpaired) electrons. The van der Waals surface area contributed by atoms with Crippen LogP contribution in [-0.4, -0.2) is 23.8 Å². The molecule has 0 amide bonds. The molecule has 23 heavy (non-hydrogen) atoms. The number of nitrogens with one attached hydrogen (secondary N) is 1. The number of aliphatic hydroxyl groups is 1. The van der Waals surface area contributed by atoms with E-state index in [0.29, 0.717) is 28.4 Å². The summed E-state index contributed by atoms with van der Waals surface area (Å²) in [6, 6.07) is 10.9. The van der Waals surface area contributed by atoms with Crippen LogP contribution in [0.5, 0.6) is 0 Å². The molecule has 2 N–H and O–H groups in total. The summed E-state index contributed by atoms with van der Waals surface area (Å²) in [5.41, 5.74) is 1.66. The van der Waals surface area contributed by atoms with Crippen LogP contribution in [0.4, 0.5) is 10.1 Å². The van der Waals surface area contributed by atoms with Crippen LogP contribution in [0.1, 0.15) is 24.1 Å². The SMILES string of the molecule is CCOC1=Nc2ccc(Cl)cc2C(c2ccccc2F)NC1O. The fourth-order valence-electron chi connectivity index (χ4n) is 2.58. The van der Waals surface area contributed by atoms with Crippen LogP contribution in [0.15, 0.2) is 47.5 Å². The van der Waals surface area contributed by atoms with E-state index in [1.807, 2.05) is 0 Å². The molecule has 120 valence electrons. The topological polar surface area (TPSA) is 53.8 Å². The standard InChI is InChI=1S/C17H16ClFN2O2/c1-2-23-17-16(22)21-15(11-5-3-4-6-13(11)19)12-9-10(18)7-8-14(12)20-17/h3-9,15-16,21-22H,2H2,1H3. The molecule has 0 saturated heterocycles. The molecule has 0 aliphatic carbocycles. The Morgan fingerprint density at radius 2 is 2.04 bits per heavy atom. The van der Waals surface area contributed by atoms with E-state index in [1.165, 1.54) is 6.07 Å². The van der Waals surface area contributed by atoms with Crippen molar-refractivity contribution in [2.24, 2.45) is 4.99 Å². The number of aliphatic hydroxyl groups excluding tert-OH is 1. The van der Waals surface area contributed by atoms with E-state index in [1.54, 1.807) is 43.3 Å². The average Bonchev–Trinajstić information content (AvgIpc) is 2.66. The Morgan fingerprint density at radius 1 is 1.26 bits per heavy atom. The Balaban J connectivity index is 2.14. The highest BCUT2D eigenvalue weighted by Crippen LogP contribution is 2.36. The first-order valence-electron chi connectivity index (χ1n) is 7.29. The molecule has 0 aromatic heterocycles. The minimum absolute atomic E-state index is 0.148. The van der Waals surface area contributed by atoms with Gasteiger partial charge in [-0.3, -0.25) is 5.32 Å². The summed E-state index contributed by atoms with van der Waals surface area (Å²) in [6.45, 7) is 2.17. The third-order valence-corrected chi connectivity index (χ3v) is 3.83. The van der Waals surface area contributed by atoms with Gasteiger partial charge in [0, 0.05) is 16.1 Å². The highest BCUT2D eigenvalue weighted by Gasteiger charge is 2.29. The van der Waals surface area contributed by atoms with Crippen LogP contribution in [0.3, 0.4) is 0 Å². The van der Waals surface area contributed by atoms with Gasteiger partial charge in [-0.1, -0.05) is 29.8 Å². The zero-order valence-electron chi connectivity index (χ0n) is 12.5. The van der Waals surface area contributed by atoms with Crippen molar-refractivity contribution < 1.29 is 14.2 Å². The van der Waals surface area contributed by atoms with Crippen molar-refractivity contribution in [1.82, 2.24) is 5.32 Å². The molecule has 2 atom stereocenters. The lowest BCUT2D eigenvalue weighted by atomic mass is 9.97. The Bertz CT molecular complexity index is 751. The number of hydrogen-bond acceptors (Lipinski definition) is 4. The van der Waals surface area contributed by atoms with Crippen molar-refractivity contribution >= 4 is 23.2 Å². The van der Waals surface area contributed by atoms with Crippen LogP contribution in [-0.2, 0) is 4.74 Å². The lowest BCUT2D eigenvalue weighted by molar-refractivity contribution is 0.153. The lowest BCUT2D eigenvalue weighted by Gasteiger charge is -2.22. The predicted molar refractivity (Wildman–Crippen MR) is 87.6 cm³/mol. The van der Waals surface area contributed by atoms with Gasteiger partial charge >= 0.3 is 0 Å². The second kappa shape index (κ2) is 6.66. The number of hydrogen-bond donors (Lipinski definition) is 2. The summed E-state index contributed by atoms with van der Waals surface area (Å²) in [4.78, 5) is 4.36. The first-order valence-corrected chi connectivity index (χ1v) is 7.67. The molecule has 0 saturated carbocycles. The number of rotatable bonds is 2. The minimum Gasteiger partial charge on any atom is -0.478 e. The monoisotopic (exact) mass is 334 g/mol. The first-order chi connectivity index (χ1) is 11.1. The highest BCUT2D eigenvalue weighted by atomic mass is 35.5. The maximum absolute atomic E-state index is 14.3. The summed E-state index contributed by atoms with van der Waals surface area (Å²) in [5.74, 6) is -0.224. The molecular weight excluding hydrogens is 319 g/mol. The molecule has 2 aromatic carbocycles. The lowest BCUT2D eigenvalue weighted by Crippen LogP contribution is -2.39. The van der Waals surface area contributed by atoms with Gasteiger partial charge in [0.2, 0.25) is 5.90 Å². The maximum atomic E-state index is 14.3. The molecule has 2 aromatic rings. The van der Waals surface area contributed by atoms with E-state index in [9.17, 15) is 9.50 Å². The van der Waals surface area contributed by atoms with E-state index < -0.39 is 12.3 Å². The summed E-state index contributed by atoms with van der Waals surface area (Å²) in [6.07, 6.45) is -1.15. The van der Waals surface area contributed by atoms with Crippen LogP contribution in [0, 0.1) is 5.82 Å². The van der Waals surface area contributed by atoms with Crippen molar-refractivity contribution in [3.8, 4) is 0 Å². The summed E-state index contributed by atoms with van der Waals surface area (Å²) in [7, 11) is 0. The third-order valence-electron chi connectivity index (χ3n) is 3.60. The Kier molecular flexibility index (Phi) is 4.61. The Hall–Kier alpha value is -1.95. The van der Waals surface area contributed by atoms with Crippen molar-refractivity contribution in [1.29, 1.82) is 0 Å². The van der Waals surface area contributed by atoms with Gasteiger partial charge in [0.25, 0.3) is 0 Å². The van der Waals surface area contributed by atoms with Gasteiger partial charge in [-0.05, 0) is 31.2 Å². The number of fused-ring (bicyclic) bond motifs is 1. The molecular formula is C17H16ClFN2O2. The van der Waals surface area contributed by atoms with Crippen LogP contribution >= 0.6 is 11.6 Å². The highest BCUT2D eigenvalue weighted by molar-refractivity contribution is 6.30. The minimum atomic E-state index is -1.15. The van der Waals surface area contributed by atoms with Crippen LogP contribution < -0.4 is 5.32 Å². The molecule has 1 aliphatic heterocycles. The zero-order chi connectivity index (χ0) is 16.4. The Labute approximate surface area is 138 Å². The number of aliphatic imine (C=N–C) groups is 1. The van der Waals surface area contributed by atoms with Crippen LogP contribution in [0.25, 0.3) is 0 Å². The van der Waals surface area contributed by atoms with Gasteiger partial charge in [-0.25, -0.2) is 9.38 Å². The molecule has 0 spiro atoms. The second-order valence-corrected chi connectivity index (χ2v) is 5.55. The third kappa shape index (κ3) is 3.22. The average molecular weight is 335 g/mol. The number of ether oxygens (including phenoxy) is 1. The molecule has 0 bridgehead atoms.